The van der Waals surface area contributed by atoms with Crippen molar-refractivity contribution in [1.29, 1.82) is 0 Å². The summed E-state index contributed by atoms with van der Waals surface area (Å²) >= 11 is 0. The van der Waals surface area contributed by atoms with Gasteiger partial charge in [0.05, 0.1) is 13.2 Å². The quantitative estimate of drug-likeness (QED) is 0.631. The molecule has 0 aliphatic heterocycles. The number of rotatable bonds is 3. The predicted molar refractivity (Wildman–Crippen MR) is 49.4 cm³/mol. The largest absolute Gasteiger partial charge is 0.467 e. The zero-order valence-corrected chi connectivity index (χ0v) is 8.41. The summed E-state index contributed by atoms with van der Waals surface area (Å²) < 4.78 is 10.2. The van der Waals surface area contributed by atoms with Gasteiger partial charge in [-0.2, -0.15) is 0 Å². The fraction of sp³-hybridized carbons (Fsp3) is 0.900. The Bertz CT molecular complexity index is 162. The van der Waals surface area contributed by atoms with Crippen molar-refractivity contribution in [3.63, 3.8) is 0 Å². The van der Waals surface area contributed by atoms with Crippen molar-refractivity contribution in [2.24, 2.45) is 0 Å². The van der Waals surface area contributed by atoms with Crippen molar-refractivity contribution in [3.8, 4) is 0 Å². The fourth-order valence-corrected chi connectivity index (χ4v) is 1.71. The Morgan fingerprint density at radius 3 is 2.46 bits per heavy atom. The van der Waals surface area contributed by atoms with E-state index in [4.69, 9.17) is 4.74 Å². The molecule has 0 N–H and O–H groups in total. The van der Waals surface area contributed by atoms with E-state index in [1.54, 1.807) is 6.92 Å². The third kappa shape index (κ3) is 3.35. The first-order chi connectivity index (χ1) is 6.24. The fourth-order valence-electron chi connectivity index (χ4n) is 1.71. The number of carbonyl (C=O) groups is 1. The summed E-state index contributed by atoms with van der Waals surface area (Å²) in [6.07, 6.45) is 5.77. The van der Waals surface area contributed by atoms with Crippen LogP contribution in [0, 0.1) is 0 Å². The van der Waals surface area contributed by atoms with Crippen LogP contribution in [0.1, 0.15) is 39.0 Å². The zero-order valence-electron chi connectivity index (χ0n) is 8.41. The first-order valence-electron chi connectivity index (χ1n) is 4.97. The number of methoxy groups -OCH3 is 1. The summed E-state index contributed by atoms with van der Waals surface area (Å²) in [6.45, 7) is 1.75. The van der Waals surface area contributed by atoms with Gasteiger partial charge < -0.3 is 9.47 Å². The SMILES string of the molecule is COC(=O)[C@H](C)OC1CCCCC1. The molecule has 0 bridgehead atoms. The molecule has 1 aliphatic carbocycles. The van der Waals surface area contributed by atoms with Crippen molar-refractivity contribution in [2.75, 3.05) is 7.11 Å². The second kappa shape index (κ2) is 5.22. The molecule has 0 unspecified atom stereocenters. The molecule has 76 valence electrons. The van der Waals surface area contributed by atoms with Crippen LogP contribution in [-0.4, -0.2) is 25.3 Å². The van der Waals surface area contributed by atoms with Crippen LogP contribution in [0.15, 0.2) is 0 Å². The first kappa shape index (κ1) is 10.5. The van der Waals surface area contributed by atoms with Crippen molar-refractivity contribution in [1.82, 2.24) is 0 Å². The average Bonchev–Trinajstić information content (AvgIpc) is 2.18. The summed E-state index contributed by atoms with van der Waals surface area (Å²) in [4.78, 5) is 11.0. The van der Waals surface area contributed by atoms with E-state index in [2.05, 4.69) is 4.74 Å². The summed E-state index contributed by atoms with van der Waals surface area (Å²) in [5, 5.41) is 0. The van der Waals surface area contributed by atoms with Gasteiger partial charge in [-0.25, -0.2) is 4.79 Å². The van der Waals surface area contributed by atoms with Gasteiger partial charge in [-0.15, -0.1) is 0 Å². The van der Waals surface area contributed by atoms with E-state index in [1.807, 2.05) is 0 Å². The van der Waals surface area contributed by atoms with Crippen LogP contribution in [0.3, 0.4) is 0 Å². The Morgan fingerprint density at radius 1 is 1.31 bits per heavy atom. The minimum absolute atomic E-state index is 0.267. The van der Waals surface area contributed by atoms with E-state index in [0.717, 1.165) is 12.8 Å². The molecular weight excluding hydrogens is 168 g/mol. The van der Waals surface area contributed by atoms with Crippen molar-refractivity contribution < 1.29 is 14.3 Å². The third-order valence-corrected chi connectivity index (χ3v) is 2.48. The minimum atomic E-state index is -0.409. The van der Waals surface area contributed by atoms with E-state index in [9.17, 15) is 4.79 Å². The molecule has 3 nitrogen and oxygen atoms in total. The van der Waals surface area contributed by atoms with Crippen LogP contribution in [0.4, 0.5) is 0 Å². The standard InChI is InChI=1S/C10H18O3/c1-8(10(11)12-2)13-9-6-4-3-5-7-9/h8-9H,3-7H2,1-2H3/t8-/m0/s1. The minimum Gasteiger partial charge on any atom is -0.467 e. The maximum Gasteiger partial charge on any atom is 0.334 e. The molecule has 0 aromatic rings. The van der Waals surface area contributed by atoms with Crippen LogP contribution in [0.2, 0.25) is 0 Å². The zero-order chi connectivity index (χ0) is 9.68. The number of hydrogen-bond acceptors (Lipinski definition) is 3. The van der Waals surface area contributed by atoms with Gasteiger partial charge in [0, 0.05) is 0 Å². The lowest BCUT2D eigenvalue weighted by Crippen LogP contribution is -2.29. The first-order valence-corrected chi connectivity index (χ1v) is 4.97. The Labute approximate surface area is 79.4 Å². The summed E-state index contributed by atoms with van der Waals surface area (Å²) in [6, 6.07) is 0. The molecule has 0 spiro atoms. The van der Waals surface area contributed by atoms with E-state index in [0.29, 0.717) is 0 Å². The van der Waals surface area contributed by atoms with Crippen molar-refractivity contribution in [3.05, 3.63) is 0 Å². The molecule has 1 aliphatic rings. The van der Waals surface area contributed by atoms with Gasteiger partial charge in [0.2, 0.25) is 0 Å². The van der Waals surface area contributed by atoms with E-state index in [-0.39, 0.29) is 12.1 Å². The molecule has 0 amide bonds. The second-order valence-electron chi connectivity index (χ2n) is 3.56. The summed E-state index contributed by atoms with van der Waals surface area (Å²) in [5.74, 6) is -0.273. The lowest BCUT2D eigenvalue weighted by molar-refractivity contribution is -0.157. The Kier molecular flexibility index (Phi) is 4.22. The topological polar surface area (TPSA) is 35.5 Å². The molecular formula is C10H18O3. The average molecular weight is 186 g/mol. The maximum absolute atomic E-state index is 11.0. The summed E-state index contributed by atoms with van der Waals surface area (Å²) in [5.41, 5.74) is 0. The Balaban J connectivity index is 2.25. The van der Waals surface area contributed by atoms with Crippen LogP contribution in [0.25, 0.3) is 0 Å². The number of ether oxygens (including phenoxy) is 2. The molecule has 0 aromatic heterocycles. The smallest absolute Gasteiger partial charge is 0.334 e. The Hall–Kier alpha value is -0.570. The van der Waals surface area contributed by atoms with E-state index >= 15 is 0 Å². The molecule has 0 heterocycles. The lowest BCUT2D eigenvalue weighted by Gasteiger charge is -2.24. The van der Waals surface area contributed by atoms with E-state index in [1.165, 1.54) is 26.4 Å². The third-order valence-electron chi connectivity index (χ3n) is 2.48. The Morgan fingerprint density at radius 2 is 1.92 bits per heavy atom. The number of hydrogen-bond donors (Lipinski definition) is 0. The van der Waals surface area contributed by atoms with Gasteiger partial charge in [-0.05, 0) is 19.8 Å². The highest BCUT2D eigenvalue weighted by atomic mass is 16.6. The predicted octanol–water partition coefficient (Wildman–Crippen LogP) is 1.90. The van der Waals surface area contributed by atoms with Crippen LogP contribution in [-0.2, 0) is 14.3 Å². The molecule has 1 atom stereocenters. The lowest BCUT2D eigenvalue weighted by atomic mass is 9.98. The van der Waals surface area contributed by atoms with Gasteiger partial charge in [0.1, 0.15) is 0 Å². The maximum atomic E-state index is 11.0. The molecule has 0 saturated heterocycles. The second-order valence-corrected chi connectivity index (χ2v) is 3.56. The molecule has 13 heavy (non-hydrogen) atoms. The van der Waals surface area contributed by atoms with Gasteiger partial charge in [-0.1, -0.05) is 19.3 Å². The molecule has 1 saturated carbocycles. The summed E-state index contributed by atoms with van der Waals surface area (Å²) in [7, 11) is 1.39. The van der Waals surface area contributed by atoms with Gasteiger partial charge in [0.15, 0.2) is 6.10 Å². The van der Waals surface area contributed by atoms with E-state index < -0.39 is 6.10 Å². The van der Waals surface area contributed by atoms with Crippen molar-refractivity contribution in [2.45, 2.75) is 51.2 Å². The number of carbonyl (C=O) groups excluding carboxylic acids is 1. The van der Waals surface area contributed by atoms with Crippen LogP contribution >= 0.6 is 0 Å². The van der Waals surface area contributed by atoms with Gasteiger partial charge in [0.25, 0.3) is 0 Å². The van der Waals surface area contributed by atoms with Crippen molar-refractivity contribution >= 4 is 5.97 Å². The number of esters is 1. The normalized spacial score (nSPS) is 21.1. The monoisotopic (exact) mass is 186 g/mol. The molecule has 0 radical (unpaired) electrons. The highest BCUT2D eigenvalue weighted by Gasteiger charge is 2.21. The van der Waals surface area contributed by atoms with Gasteiger partial charge in [-0.3, -0.25) is 0 Å². The van der Waals surface area contributed by atoms with Crippen LogP contribution < -0.4 is 0 Å². The molecule has 1 rings (SSSR count). The molecule has 0 aromatic carbocycles. The molecule has 1 fully saturated rings. The molecule has 3 heteroatoms. The van der Waals surface area contributed by atoms with Crippen LogP contribution in [0.5, 0.6) is 0 Å². The highest BCUT2D eigenvalue weighted by Crippen LogP contribution is 2.21. The highest BCUT2D eigenvalue weighted by molar-refractivity contribution is 5.73. The van der Waals surface area contributed by atoms with Gasteiger partial charge >= 0.3 is 5.97 Å².